The highest BCUT2D eigenvalue weighted by Gasteiger charge is 2.12. The van der Waals surface area contributed by atoms with Crippen LogP contribution in [0.5, 0.6) is 0 Å². The van der Waals surface area contributed by atoms with Crippen molar-refractivity contribution < 1.29 is 4.39 Å². The summed E-state index contributed by atoms with van der Waals surface area (Å²) >= 11 is 0. The van der Waals surface area contributed by atoms with E-state index in [0.29, 0.717) is 5.39 Å². The van der Waals surface area contributed by atoms with Gasteiger partial charge in [0, 0.05) is 11.1 Å². The number of pyridine rings is 1. The second-order valence-corrected chi connectivity index (χ2v) is 4.00. The minimum absolute atomic E-state index is 0.156. The zero-order valence-electron chi connectivity index (χ0n) is 9.97. The number of halogens is 1. The summed E-state index contributed by atoms with van der Waals surface area (Å²) in [5.41, 5.74) is 4.10. The summed E-state index contributed by atoms with van der Waals surface area (Å²) in [5.74, 6) is -0.156. The van der Waals surface area contributed by atoms with Crippen LogP contribution in [0.1, 0.15) is 30.7 Å². The maximum atomic E-state index is 13.8. The van der Waals surface area contributed by atoms with Crippen molar-refractivity contribution >= 4 is 10.9 Å². The molecule has 2 aromatic rings. The first kappa shape index (κ1) is 11.1. The van der Waals surface area contributed by atoms with E-state index < -0.39 is 0 Å². The number of benzene rings is 1. The number of nitrogens with zero attached hydrogens (tertiary/aromatic N) is 1. The van der Waals surface area contributed by atoms with Crippen LogP contribution >= 0.6 is 0 Å². The predicted molar refractivity (Wildman–Crippen MR) is 65.2 cm³/mol. The standard InChI is InChI=1S/C14H16FN/c1-4-10-9(3)16-13-8-6-7-12(15)14(13)11(10)5-2/h6-8H,4-5H2,1-3H3. The summed E-state index contributed by atoms with van der Waals surface area (Å²) in [6.07, 6.45) is 1.76. The van der Waals surface area contributed by atoms with Crippen LogP contribution in [-0.4, -0.2) is 4.98 Å². The monoisotopic (exact) mass is 217 g/mol. The minimum Gasteiger partial charge on any atom is -0.253 e. The van der Waals surface area contributed by atoms with Crippen molar-refractivity contribution in [2.75, 3.05) is 0 Å². The molecular formula is C14H16FN. The molecule has 0 amide bonds. The van der Waals surface area contributed by atoms with Gasteiger partial charge < -0.3 is 0 Å². The first-order valence-corrected chi connectivity index (χ1v) is 5.75. The van der Waals surface area contributed by atoms with Gasteiger partial charge in [-0.1, -0.05) is 19.9 Å². The zero-order valence-corrected chi connectivity index (χ0v) is 9.97. The van der Waals surface area contributed by atoms with Gasteiger partial charge in [-0.05, 0) is 43.0 Å². The number of hydrogen-bond acceptors (Lipinski definition) is 1. The zero-order chi connectivity index (χ0) is 11.7. The van der Waals surface area contributed by atoms with Gasteiger partial charge in [-0.25, -0.2) is 4.39 Å². The number of fused-ring (bicyclic) bond motifs is 1. The van der Waals surface area contributed by atoms with Crippen LogP contribution in [0.15, 0.2) is 18.2 Å². The molecule has 84 valence electrons. The van der Waals surface area contributed by atoms with Gasteiger partial charge in [-0.2, -0.15) is 0 Å². The van der Waals surface area contributed by atoms with Crippen LogP contribution in [0.3, 0.4) is 0 Å². The van der Waals surface area contributed by atoms with E-state index in [9.17, 15) is 4.39 Å². The summed E-state index contributed by atoms with van der Waals surface area (Å²) in [7, 11) is 0. The first-order valence-electron chi connectivity index (χ1n) is 5.75. The predicted octanol–water partition coefficient (Wildman–Crippen LogP) is 3.81. The van der Waals surface area contributed by atoms with Crippen molar-refractivity contribution in [3.63, 3.8) is 0 Å². The molecule has 0 radical (unpaired) electrons. The third-order valence-corrected chi connectivity index (χ3v) is 3.09. The van der Waals surface area contributed by atoms with E-state index in [4.69, 9.17) is 0 Å². The summed E-state index contributed by atoms with van der Waals surface area (Å²) in [5, 5.41) is 0.701. The molecule has 2 rings (SSSR count). The fraction of sp³-hybridized carbons (Fsp3) is 0.357. The van der Waals surface area contributed by atoms with Crippen LogP contribution in [-0.2, 0) is 12.8 Å². The Balaban J connectivity index is 2.92. The highest BCUT2D eigenvalue weighted by Crippen LogP contribution is 2.26. The second kappa shape index (κ2) is 4.20. The Kier molecular flexibility index (Phi) is 2.90. The molecule has 1 aromatic carbocycles. The number of aryl methyl sites for hydroxylation is 2. The first-order chi connectivity index (χ1) is 7.69. The smallest absolute Gasteiger partial charge is 0.132 e. The molecule has 0 fully saturated rings. The van der Waals surface area contributed by atoms with Crippen molar-refractivity contribution in [2.45, 2.75) is 33.6 Å². The van der Waals surface area contributed by atoms with E-state index in [1.807, 2.05) is 13.0 Å². The van der Waals surface area contributed by atoms with Gasteiger partial charge in [0.1, 0.15) is 5.82 Å². The van der Waals surface area contributed by atoms with E-state index in [0.717, 1.165) is 29.6 Å². The molecule has 0 aliphatic rings. The molecule has 0 bridgehead atoms. The lowest BCUT2D eigenvalue weighted by Gasteiger charge is -2.13. The fourth-order valence-corrected chi connectivity index (χ4v) is 2.38. The van der Waals surface area contributed by atoms with Crippen molar-refractivity contribution in [1.82, 2.24) is 4.98 Å². The summed E-state index contributed by atoms with van der Waals surface area (Å²) in [4.78, 5) is 4.48. The third kappa shape index (κ3) is 1.58. The third-order valence-electron chi connectivity index (χ3n) is 3.09. The Labute approximate surface area is 95.3 Å². The van der Waals surface area contributed by atoms with Crippen LogP contribution in [0.2, 0.25) is 0 Å². The maximum Gasteiger partial charge on any atom is 0.132 e. The van der Waals surface area contributed by atoms with Crippen molar-refractivity contribution in [2.24, 2.45) is 0 Å². The van der Waals surface area contributed by atoms with Gasteiger partial charge in [0.2, 0.25) is 0 Å². The van der Waals surface area contributed by atoms with Crippen molar-refractivity contribution in [3.8, 4) is 0 Å². The number of rotatable bonds is 2. The highest BCUT2D eigenvalue weighted by molar-refractivity contribution is 5.84. The normalized spacial score (nSPS) is 11.0. The fourth-order valence-electron chi connectivity index (χ4n) is 2.38. The van der Waals surface area contributed by atoms with E-state index in [1.54, 1.807) is 6.07 Å². The van der Waals surface area contributed by atoms with Gasteiger partial charge in [0.05, 0.1) is 5.52 Å². The SMILES string of the molecule is CCc1c(C)nc2cccc(F)c2c1CC. The molecular weight excluding hydrogens is 201 g/mol. The molecule has 1 aromatic heterocycles. The van der Waals surface area contributed by atoms with Crippen LogP contribution in [0.25, 0.3) is 10.9 Å². The number of hydrogen-bond donors (Lipinski definition) is 0. The Hall–Kier alpha value is -1.44. The van der Waals surface area contributed by atoms with E-state index >= 15 is 0 Å². The summed E-state index contributed by atoms with van der Waals surface area (Å²) in [6, 6.07) is 5.11. The van der Waals surface area contributed by atoms with Crippen molar-refractivity contribution in [1.29, 1.82) is 0 Å². The topological polar surface area (TPSA) is 12.9 Å². The highest BCUT2D eigenvalue weighted by atomic mass is 19.1. The van der Waals surface area contributed by atoms with E-state index in [-0.39, 0.29) is 5.82 Å². The largest absolute Gasteiger partial charge is 0.253 e. The molecule has 2 heteroatoms. The molecule has 0 saturated carbocycles. The van der Waals surface area contributed by atoms with Crippen LogP contribution < -0.4 is 0 Å². The molecule has 0 N–H and O–H groups in total. The molecule has 1 heterocycles. The lowest BCUT2D eigenvalue weighted by Crippen LogP contribution is -2.01. The van der Waals surface area contributed by atoms with E-state index in [1.165, 1.54) is 11.6 Å². The lowest BCUT2D eigenvalue weighted by molar-refractivity contribution is 0.638. The molecule has 16 heavy (non-hydrogen) atoms. The minimum atomic E-state index is -0.156. The molecule has 0 aliphatic heterocycles. The Morgan fingerprint density at radius 1 is 1.12 bits per heavy atom. The van der Waals surface area contributed by atoms with Gasteiger partial charge in [-0.15, -0.1) is 0 Å². The molecule has 0 atom stereocenters. The van der Waals surface area contributed by atoms with Crippen molar-refractivity contribution in [3.05, 3.63) is 40.8 Å². The average molecular weight is 217 g/mol. The molecule has 0 aliphatic carbocycles. The Morgan fingerprint density at radius 3 is 2.44 bits per heavy atom. The average Bonchev–Trinajstić information content (AvgIpc) is 2.27. The van der Waals surface area contributed by atoms with Gasteiger partial charge in [0.25, 0.3) is 0 Å². The van der Waals surface area contributed by atoms with Gasteiger partial charge in [0.15, 0.2) is 0 Å². The van der Waals surface area contributed by atoms with E-state index in [2.05, 4.69) is 18.8 Å². The second-order valence-electron chi connectivity index (χ2n) is 4.00. The van der Waals surface area contributed by atoms with Crippen LogP contribution in [0.4, 0.5) is 4.39 Å². The summed E-state index contributed by atoms with van der Waals surface area (Å²) in [6.45, 7) is 6.16. The lowest BCUT2D eigenvalue weighted by atomic mass is 9.97. The molecule has 1 nitrogen and oxygen atoms in total. The molecule has 0 saturated heterocycles. The van der Waals surface area contributed by atoms with Gasteiger partial charge >= 0.3 is 0 Å². The Morgan fingerprint density at radius 2 is 1.81 bits per heavy atom. The molecule has 0 unspecified atom stereocenters. The van der Waals surface area contributed by atoms with Gasteiger partial charge in [-0.3, -0.25) is 4.98 Å². The summed E-state index contributed by atoms with van der Waals surface area (Å²) < 4.78 is 13.8. The number of aromatic nitrogens is 1. The van der Waals surface area contributed by atoms with Crippen LogP contribution in [0, 0.1) is 12.7 Å². The molecule has 0 spiro atoms. The quantitative estimate of drug-likeness (QED) is 0.745. The maximum absolute atomic E-state index is 13.8. The Bertz CT molecular complexity index is 532.